The van der Waals surface area contributed by atoms with Crippen molar-refractivity contribution in [2.75, 3.05) is 13.1 Å². The highest BCUT2D eigenvalue weighted by atomic mass is 16.2. The Kier molecular flexibility index (Phi) is 4.67. The first-order valence-electron chi connectivity index (χ1n) is 8.80. The maximum atomic E-state index is 12.3. The molecule has 0 spiro atoms. The zero-order valence-electron chi connectivity index (χ0n) is 14.9. The van der Waals surface area contributed by atoms with E-state index in [1.54, 1.807) is 41.3 Å². The summed E-state index contributed by atoms with van der Waals surface area (Å²) in [6.45, 7) is 0.483. The fourth-order valence-electron chi connectivity index (χ4n) is 3.03. The summed E-state index contributed by atoms with van der Waals surface area (Å²) < 4.78 is 1.70. The highest BCUT2D eigenvalue weighted by Crippen LogP contribution is 2.21. The summed E-state index contributed by atoms with van der Waals surface area (Å²) in [6, 6.07) is 14.0. The Balaban J connectivity index is 1.30. The van der Waals surface area contributed by atoms with Gasteiger partial charge in [0.1, 0.15) is 12.2 Å². The predicted molar refractivity (Wildman–Crippen MR) is 100 cm³/mol. The summed E-state index contributed by atoms with van der Waals surface area (Å²) in [4.78, 5) is 41.9. The van der Waals surface area contributed by atoms with Crippen LogP contribution in [0.1, 0.15) is 20.7 Å². The summed E-state index contributed by atoms with van der Waals surface area (Å²) in [5, 5.41) is 7.13. The molecule has 140 valence electrons. The van der Waals surface area contributed by atoms with Crippen LogP contribution in [0.4, 0.5) is 0 Å². The minimum absolute atomic E-state index is 0.301. The molecule has 28 heavy (non-hydrogen) atoms. The molecule has 1 aliphatic rings. The van der Waals surface area contributed by atoms with Crippen LogP contribution in [-0.4, -0.2) is 50.5 Å². The van der Waals surface area contributed by atoms with Crippen molar-refractivity contribution in [2.24, 2.45) is 0 Å². The Hall–Kier alpha value is -3.81. The average molecular weight is 375 g/mol. The highest BCUT2D eigenvalue weighted by Gasteiger charge is 2.36. The number of rotatable bonds is 6. The molecule has 3 amide bonds. The van der Waals surface area contributed by atoms with Crippen LogP contribution in [0, 0.1) is 0 Å². The SMILES string of the molecule is O=C(CN1C(=O)c2ccccc2C1=O)NCCn1ccc(-c2ccccn2)n1. The molecule has 4 rings (SSSR count). The van der Waals surface area contributed by atoms with Crippen molar-refractivity contribution >= 4 is 17.7 Å². The van der Waals surface area contributed by atoms with E-state index in [9.17, 15) is 14.4 Å². The second kappa shape index (κ2) is 7.43. The molecule has 2 aromatic heterocycles. The lowest BCUT2D eigenvalue weighted by Gasteiger charge is -2.13. The van der Waals surface area contributed by atoms with Crippen molar-refractivity contribution in [3.8, 4) is 11.4 Å². The molecular formula is C20H17N5O3. The average Bonchev–Trinajstić information content (AvgIpc) is 3.28. The molecular weight excluding hydrogens is 358 g/mol. The van der Waals surface area contributed by atoms with E-state index in [1.165, 1.54) is 0 Å². The van der Waals surface area contributed by atoms with Crippen LogP contribution in [0.25, 0.3) is 11.4 Å². The maximum Gasteiger partial charge on any atom is 0.262 e. The third-order valence-electron chi connectivity index (χ3n) is 4.41. The molecule has 0 atom stereocenters. The number of hydrogen-bond acceptors (Lipinski definition) is 5. The fourth-order valence-corrected chi connectivity index (χ4v) is 3.03. The second-order valence-corrected chi connectivity index (χ2v) is 6.27. The Morgan fingerprint density at radius 1 is 0.929 bits per heavy atom. The molecule has 8 nitrogen and oxygen atoms in total. The lowest BCUT2D eigenvalue weighted by molar-refractivity contribution is -0.121. The number of nitrogens with zero attached hydrogens (tertiary/aromatic N) is 4. The van der Waals surface area contributed by atoms with Gasteiger partial charge in [0.25, 0.3) is 11.8 Å². The van der Waals surface area contributed by atoms with Crippen molar-refractivity contribution in [1.82, 2.24) is 25.0 Å². The third kappa shape index (κ3) is 3.39. The van der Waals surface area contributed by atoms with Crippen LogP contribution < -0.4 is 5.32 Å². The van der Waals surface area contributed by atoms with Gasteiger partial charge >= 0.3 is 0 Å². The van der Waals surface area contributed by atoms with E-state index in [2.05, 4.69) is 15.4 Å². The molecule has 0 bridgehead atoms. The van der Waals surface area contributed by atoms with Crippen molar-refractivity contribution < 1.29 is 14.4 Å². The number of imide groups is 1. The van der Waals surface area contributed by atoms with Gasteiger partial charge in [-0.05, 0) is 30.3 Å². The number of hydrogen-bond donors (Lipinski definition) is 1. The molecule has 0 radical (unpaired) electrons. The number of nitrogens with one attached hydrogen (secondary N) is 1. The molecule has 3 aromatic rings. The topological polar surface area (TPSA) is 97.2 Å². The smallest absolute Gasteiger partial charge is 0.262 e. The van der Waals surface area contributed by atoms with Gasteiger partial charge in [0.15, 0.2) is 0 Å². The third-order valence-corrected chi connectivity index (χ3v) is 4.41. The molecule has 0 saturated carbocycles. The van der Waals surface area contributed by atoms with Crippen molar-refractivity contribution in [1.29, 1.82) is 0 Å². The molecule has 8 heteroatoms. The minimum atomic E-state index is -0.442. The summed E-state index contributed by atoms with van der Waals surface area (Å²) in [5.74, 6) is -1.28. The summed E-state index contributed by atoms with van der Waals surface area (Å²) in [6.07, 6.45) is 3.51. The molecule has 0 aliphatic carbocycles. The molecule has 1 aromatic carbocycles. The molecule has 0 fully saturated rings. The van der Waals surface area contributed by atoms with Gasteiger partial charge < -0.3 is 5.32 Å². The van der Waals surface area contributed by atoms with E-state index < -0.39 is 17.7 Å². The predicted octanol–water partition coefficient (Wildman–Crippen LogP) is 1.36. The van der Waals surface area contributed by atoms with Crippen LogP contribution in [-0.2, 0) is 11.3 Å². The molecule has 1 aliphatic heterocycles. The number of carbonyl (C=O) groups is 3. The number of carbonyl (C=O) groups excluding carboxylic acids is 3. The molecule has 0 saturated heterocycles. The molecule has 1 N–H and O–H groups in total. The van der Waals surface area contributed by atoms with E-state index in [-0.39, 0.29) is 6.54 Å². The molecule has 0 unspecified atom stereocenters. The molecule has 3 heterocycles. The van der Waals surface area contributed by atoms with Crippen LogP contribution >= 0.6 is 0 Å². The zero-order chi connectivity index (χ0) is 19.5. The van der Waals surface area contributed by atoms with E-state index >= 15 is 0 Å². The summed E-state index contributed by atoms with van der Waals surface area (Å²) >= 11 is 0. The summed E-state index contributed by atoms with van der Waals surface area (Å²) in [7, 11) is 0. The van der Waals surface area contributed by atoms with Gasteiger partial charge in [-0.1, -0.05) is 18.2 Å². The first-order valence-corrected chi connectivity index (χ1v) is 8.80. The number of benzene rings is 1. The number of amides is 3. The van der Waals surface area contributed by atoms with Gasteiger partial charge in [-0.15, -0.1) is 0 Å². The van der Waals surface area contributed by atoms with Gasteiger partial charge in [0, 0.05) is 18.9 Å². The Bertz CT molecular complexity index is 1010. The van der Waals surface area contributed by atoms with Crippen LogP contribution in [0.5, 0.6) is 0 Å². The van der Waals surface area contributed by atoms with Crippen LogP contribution in [0.15, 0.2) is 60.9 Å². The van der Waals surface area contributed by atoms with Crippen molar-refractivity contribution in [3.05, 3.63) is 72.1 Å². The Morgan fingerprint density at radius 3 is 2.32 bits per heavy atom. The van der Waals surface area contributed by atoms with E-state index in [0.29, 0.717) is 24.2 Å². The van der Waals surface area contributed by atoms with Crippen LogP contribution in [0.2, 0.25) is 0 Å². The first-order chi connectivity index (χ1) is 13.6. The second-order valence-electron chi connectivity index (χ2n) is 6.27. The fraction of sp³-hybridized carbons (Fsp3) is 0.150. The van der Waals surface area contributed by atoms with Gasteiger partial charge in [-0.2, -0.15) is 5.10 Å². The highest BCUT2D eigenvalue weighted by molar-refractivity contribution is 6.22. The van der Waals surface area contributed by atoms with Crippen molar-refractivity contribution in [2.45, 2.75) is 6.54 Å². The van der Waals surface area contributed by atoms with Gasteiger partial charge in [-0.3, -0.25) is 28.9 Å². The number of aromatic nitrogens is 3. The monoisotopic (exact) mass is 375 g/mol. The maximum absolute atomic E-state index is 12.3. The standard InChI is InChI=1S/C20H17N5O3/c26-18(13-25-19(27)14-5-1-2-6-15(14)20(25)28)22-10-12-24-11-8-17(23-24)16-7-3-4-9-21-16/h1-9,11H,10,12-13H2,(H,22,26). The zero-order valence-corrected chi connectivity index (χ0v) is 14.9. The van der Waals surface area contributed by atoms with Gasteiger partial charge in [-0.25, -0.2) is 0 Å². The summed E-state index contributed by atoms with van der Waals surface area (Å²) in [5.41, 5.74) is 2.19. The van der Waals surface area contributed by atoms with E-state index in [4.69, 9.17) is 0 Å². The Labute approximate surface area is 160 Å². The number of pyridine rings is 1. The van der Waals surface area contributed by atoms with Crippen molar-refractivity contribution in [3.63, 3.8) is 0 Å². The first kappa shape index (κ1) is 17.6. The van der Waals surface area contributed by atoms with Gasteiger partial charge in [0.05, 0.1) is 23.4 Å². The van der Waals surface area contributed by atoms with Crippen LogP contribution in [0.3, 0.4) is 0 Å². The lowest BCUT2D eigenvalue weighted by Crippen LogP contribution is -2.41. The quantitative estimate of drug-likeness (QED) is 0.656. The largest absolute Gasteiger partial charge is 0.353 e. The van der Waals surface area contributed by atoms with Gasteiger partial charge in [0.2, 0.25) is 5.91 Å². The normalized spacial score (nSPS) is 12.9. The minimum Gasteiger partial charge on any atom is -0.353 e. The number of fused-ring (bicyclic) bond motifs is 1. The van der Waals surface area contributed by atoms with E-state index in [0.717, 1.165) is 16.3 Å². The lowest BCUT2D eigenvalue weighted by atomic mass is 10.1. The Morgan fingerprint density at radius 2 is 1.64 bits per heavy atom. The van der Waals surface area contributed by atoms with E-state index in [1.807, 2.05) is 24.3 Å².